The van der Waals surface area contributed by atoms with Crippen molar-refractivity contribution < 1.29 is 0 Å². The molecule has 2 nitrogen and oxygen atoms in total. The minimum Gasteiger partial charge on any atom is -0.236 e. The van der Waals surface area contributed by atoms with E-state index < -0.39 is 0 Å². The van der Waals surface area contributed by atoms with Gasteiger partial charge in [-0.2, -0.15) is 0 Å². The molecule has 0 aliphatic heterocycles. The third-order valence-corrected chi connectivity index (χ3v) is 11.3. The van der Waals surface area contributed by atoms with Crippen LogP contribution in [-0.4, -0.2) is 9.97 Å². The topological polar surface area (TPSA) is 25.8 Å². The van der Waals surface area contributed by atoms with Gasteiger partial charge in [0.15, 0.2) is 0 Å². The van der Waals surface area contributed by atoms with Crippen molar-refractivity contribution in [1.82, 2.24) is 9.97 Å². The second-order valence-electron chi connectivity index (χ2n) is 12.3. The second kappa shape index (κ2) is 10.1. The molecule has 1 aliphatic rings. The molecular weight excluding hydrogens is 585 g/mol. The number of nitrogens with zero attached hydrogens (tertiary/aromatic N) is 2. The van der Waals surface area contributed by atoms with Crippen LogP contribution in [0, 0.1) is 0 Å². The molecule has 0 radical (unpaired) electrons. The summed E-state index contributed by atoms with van der Waals surface area (Å²) in [5, 5.41) is 2.11. The van der Waals surface area contributed by atoms with Crippen LogP contribution in [-0.2, 0) is 5.41 Å². The first-order chi connectivity index (χ1) is 22.0. The third kappa shape index (κ3) is 4.36. The molecule has 214 valence electrons. The fourth-order valence-electron chi connectivity index (χ4n) is 6.74. The second-order valence-corrected chi connectivity index (χ2v) is 14.3. The molecule has 9 rings (SSSR count). The molecule has 0 saturated carbocycles. The molecule has 0 fully saturated rings. The van der Waals surface area contributed by atoms with Crippen molar-refractivity contribution in [3.05, 3.63) is 145 Å². The Hall–Kier alpha value is -4.90. The van der Waals surface area contributed by atoms with Gasteiger partial charge < -0.3 is 0 Å². The normalized spacial score (nSPS) is 13.3. The number of hydrogen-bond donors (Lipinski definition) is 0. The number of hydrogen-bond acceptors (Lipinski definition) is 4. The maximum Gasteiger partial charge on any atom is 0.124 e. The Labute approximate surface area is 270 Å². The van der Waals surface area contributed by atoms with Crippen molar-refractivity contribution in [3.63, 3.8) is 0 Å². The van der Waals surface area contributed by atoms with Crippen LogP contribution in [0.3, 0.4) is 0 Å². The Bertz CT molecular complexity index is 2230. The minimum absolute atomic E-state index is 0.109. The lowest BCUT2D eigenvalue weighted by atomic mass is 9.82. The SMILES string of the molecule is CC1(C)c2cc3sc(-c4cccc(-c5ccccc5)c4)nc3cc2-c2cc3nc(-c4cccc(-c5ccccc5)c4)sc3cc21. The predicted molar refractivity (Wildman–Crippen MR) is 192 cm³/mol. The smallest absolute Gasteiger partial charge is 0.124 e. The van der Waals surface area contributed by atoms with E-state index in [0.29, 0.717) is 0 Å². The van der Waals surface area contributed by atoms with Crippen LogP contribution in [0.1, 0.15) is 25.0 Å². The largest absolute Gasteiger partial charge is 0.236 e. The van der Waals surface area contributed by atoms with Crippen LogP contribution in [0.4, 0.5) is 0 Å². The van der Waals surface area contributed by atoms with E-state index in [4.69, 9.17) is 9.97 Å². The molecule has 0 spiro atoms. The fourth-order valence-corrected chi connectivity index (χ4v) is 8.71. The molecule has 2 heterocycles. The highest BCUT2D eigenvalue weighted by atomic mass is 32.1. The van der Waals surface area contributed by atoms with Gasteiger partial charge in [-0.05, 0) is 80.9 Å². The van der Waals surface area contributed by atoms with Gasteiger partial charge in [-0.15, -0.1) is 22.7 Å². The van der Waals surface area contributed by atoms with E-state index in [0.717, 1.165) is 32.2 Å². The number of aromatic nitrogens is 2. The number of thiazole rings is 2. The average molecular weight is 613 g/mol. The van der Waals surface area contributed by atoms with Crippen molar-refractivity contribution in [3.8, 4) is 54.5 Å². The van der Waals surface area contributed by atoms with E-state index in [1.165, 1.54) is 53.9 Å². The summed E-state index contributed by atoms with van der Waals surface area (Å²) >= 11 is 3.56. The summed E-state index contributed by atoms with van der Waals surface area (Å²) in [5.41, 5.74) is 14.5. The molecule has 2 aromatic heterocycles. The average Bonchev–Trinajstić information content (AvgIpc) is 3.77. The van der Waals surface area contributed by atoms with Gasteiger partial charge in [-0.3, -0.25) is 0 Å². The van der Waals surface area contributed by atoms with E-state index in [-0.39, 0.29) is 5.41 Å². The predicted octanol–water partition coefficient (Wildman–Crippen LogP) is 11.9. The molecule has 0 amide bonds. The fraction of sp³-hybridized carbons (Fsp3) is 0.0732. The summed E-state index contributed by atoms with van der Waals surface area (Å²) in [4.78, 5) is 10.3. The Morgan fingerprint density at radius 2 is 0.822 bits per heavy atom. The Morgan fingerprint density at radius 3 is 1.27 bits per heavy atom. The van der Waals surface area contributed by atoms with Crippen molar-refractivity contribution in [2.24, 2.45) is 0 Å². The van der Waals surface area contributed by atoms with Gasteiger partial charge in [0.2, 0.25) is 0 Å². The van der Waals surface area contributed by atoms with Crippen LogP contribution < -0.4 is 0 Å². The molecule has 0 N–H and O–H groups in total. The molecule has 0 bridgehead atoms. The molecule has 0 unspecified atom stereocenters. The molecule has 6 aromatic carbocycles. The summed E-state index contributed by atoms with van der Waals surface area (Å²) in [6, 6.07) is 47.9. The standard InChI is InChI=1S/C41H28N2S2/c1-41(2)33-23-37-35(42-39(44-37)29-17-9-15-27(19-29)25-11-5-3-6-12-25)21-31(33)32-22-36-38(24-34(32)41)45-40(43-36)30-18-10-16-28(20-30)26-13-7-4-8-14-26/h3-24H,1-2H3. The minimum atomic E-state index is -0.109. The zero-order chi connectivity index (χ0) is 30.1. The van der Waals surface area contributed by atoms with Crippen LogP contribution in [0.2, 0.25) is 0 Å². The zero-order valence-corrected chi connectivity index (χ0v) is 26.5. The zero-order valence-electron chi connectivity index (χ0n) is 24.9. The molecule has 0 saturated heterocycles. The quantitative estimate of drug-likeness (QED) is 0.198. The van der Waals surface area contributed by atoms with Gasteiger partial charge in [0.1, 0.15) is 10.0 Å². The summed E-state index contributed by atoms with van der Waals surface area (Å²) in [6.07, 6.45) is 0. The van der Waals surface area contributed by atoms with Gasteiger partial charge in [0.25, 0.3) is 0 Å². The number of benzene rings is 6. The van der Waals surface area contributed by atoms with Gasteiger partial charge in [0, 0.05) is 16.5 Å². The van der Waals surface area contributed by atoms with E-state index >= 15 is 0 Å². The van der Waals surface area contributed by atoms with Crippen LogP contribution in [0.15, 0.2) is 133 Å². The van der Waals surface area contributed by atoms with Gasteiger partial charge in [-0.25, -0.2) is 9.97 Å². The van der Waals surface area contributed by atoms with Crippen LogP contribution in [0.5, 0.6) is 0 Å². The lowest BCUT2D eigenvalue weighted by Crippen LogP contribution is -2.14. The van der Waals surface area contributed by atoms with Crippen molar-refractivity contribution in [2.45, 2.75) is 19.3 Å². The molecule has 8 aromatic rings. The lowest BCUT2D eigenvalue weighted by molar-refractivity contribution is 0.662. The highest BCUT2D eigenvalue weighted by molar-refractivity contribution is 7.22. The lowest BCUT2D eigenvalue weighted by Gasteiger charge is -2.21. The monoisotopic (exact) mass is 612 g/mol. The van der Waals surface area contributed by atoms with Crippen LogP contribution in [0.25, 0.3) is 75.0 Å². The highest BCUT2D eigenvalue weighted by Gasteiger charge is 2.37. The number of fused-ring (bicyclic) bond motifs is 5. The maximum atomic E-state index is 5.16. The molecule has 4 heteroatoms. The third-order valence-electron chi connectivity index (χ3n) is 9.13. The van der Waals surface area contributed by atoms with Gasteiger partial charge in [-0.1, -0.05) is 111 Å². The van der Waals surface area contributed by atoms with Gasteiger partial charge >= 0.3 is 0 Å². The van der Waals surface area contributed by atoms with Crippen molar-refractivity contribution in [2.75, 3.05) is 0 Å². The summed E-state index contributed by atoms with van der Waals surface area (Å²) in [7, 11) is 0. The molecule has 0 atom stereocenters. The number of rotatable bonds is 4. The van der Waals surface area contributed by atoms with Gasteiger partial charge in [0.05, 0.1) is 20.4 Å². The first kappa shape index (κ1) is 26.5. The van der Waals surface area contributed by atoms with Crippen LogP contribution >= 0.6 is 22.7 Å². The van der Waals surface area contributed by atoms with E-state index in [9.17, 15) is 0 Å². The Morgan fingerprint density at radius 1 is 0.422 bits per heavy atom. The van der Waals surface area contributed by atoms with E-state index in [2.05, 4.69) is 147 Å². The van der Waals surface area contributed by atoms with E-state index in [1.54, 1.807) is 22.7 Å². The highest BCUT2D eigenvalue weighted by Crippen LogP contribution is 2.52. The first-order valence-corrected chi connectivity index (χ1v) is 16.9. The molecular formula is C41H28N2S2. The molecule has 1 aliphatic carbocycles. The van der Waals surface area contributed by atoms with Crippen molar-refractivity contribution in [1.29, 1.82) is 0 Å². The van der Waals surface area contributed by atoms with Crippen molar-refractivity contribution >= 4 is 43.1 Å². The van der Waals surface area contributed by atoms with E-state index in [1.807, 2.05) is 0 Å². The summed E-state index contributed by atoms with van der Waals surface area (Å²) in [5.74, 6) is 0. The Kier molecular flexibility index (Phi) is 5.93. The first-order valence-electron chi connectivity index (χ1n) is 15.2. The molecule has 45 heavy (non-hydrogen) atoms. The maximum absolute atomic E-state index is 5.16. The Balaban J connectivity index is 1.12. The summed E-state index contributed by atoms with van der Waals surface area (Å²) in [6.45, 7) is 4.71. The summed E-state index contributed by atoms with van der Waals surface area (Å²) < 4.78 is 2.46.